The molecule has 0 aliphatic carbocycles. The summed E-state index contributed by atoms with van der Waals surface area (Å²) in [6.45, 7) is 0.272. The molecule has 1 aliphatic rings. The summed E-state index contributed by atoms with van der Waals surface area (Å²) >= 11 is 1.90. The molecule has 2 nitrogen and oxygen atoms in total. The standard InChI is InChI=1S/C13H8Br2F7O2S/c14-7-3-8(15)10(6-1-2-24-5-6)9(4-7)25(23)13(21,22)11(16,17)12(18,19)20/h4,6H,1-2,5H2. The Hall–Kier alpha value is -0.0400. The third kappa shape index (κ3) is 3.83. The van der Waals surface area contributed by atoms with E-state index in [0.29, 0.717) is 6.42 Å². The molecule has 1 saturated heterocycles. The van der Waals surface area contributed by atoms with E-state index in [1.807, 2.05) is 0 Å². The third-order valence-corrected chi connectivity index (χ3v) is 5.99. The van der Waals surface area contributed by atoms with E-state index < -0.39 is 39.3 Å². The fourth-order valence-corrected chi connectivity index (χ4v) is 5.27. The van der Waals surface area contributed by atoms with Crippen molar-refractivity contribution in [1.82, 2.24) is 0 Å². The minimum absolute atomic E-state index is 0.0273. The summed E-state index contributed by atoms with van der Waals surface area (Å²) in [5.74, 6) is -7.06. The maximum absolute atomic E-state index is 13.9. The van der Waals surface area contributed by atoms with E-state index in [-0.39, 0.29) is 27.7 Å². The maximum atomic E-state index is 13.9. The Balaban J connectivity index is 2.56. The summed E-state index contributed by atoms with van der Waals surface area (Å²) in [5.41, 5.74) is -0.0864. The molecule has 2 atom stereocenters. The van der Waals surface area contributed by atoms with Gasteiger partial charge in [-0.3, -0.25) is 0 Å². The molecule has 12 heteroatoms. The van der Waals surface area contributed by atoms with E-state index in [4.69, 9.17) is 4.74 Å². The van der Waals surface area contributed by atoms with Gasteiger partial charge in [0.1, 0.15) is 0 Å². The quantitative estimate of drug-likeness (QED) is 0.392. The van der Waals surface area contributed by atoms with Gasteiger partial charge in [-0.2, -0.15) is 22.0 Å². The van der Waals surface area contributed by atoms with Crippen LogP contribution < -0.4 is 0 Å². The van der Waals surface area contributed by atoms with Crippen LogP contribution in [-0.2, 0) is 15.9 Å². The number of rotatable bonds is 4. The van der Waals surface area contributed by atoms with Crippen LogP contribution in [0.5, 0.6) is 0 Å². The van der Waals surface area contributed by atoms with Crippen LogP contribution in [0.15, 0.2) is 19.9 Å². The highest BCUT2D eigenvalue weighted by Gasteiger charge is 2.80. The first-order chi connectivity index (χ1) is 11.3. The lowest BCUT2D eigenvalue weighted by atomic mass is 9.99. The van der Waals surface area contributed by atoms with Gasteiger partial charge < -0.3 is 9.29 Å². The van der Waals surface area contributed by atoms with Gasteiger partial charge in [-0.15, -0.1) is 8.78 Å². The van der Waals surface area contributed by atoms with E-state index in [9.17, 15) is 35.3 Å². The van der Waals surface area contributed by atoms with Crippen LogP contribution >= 0.6 is 31.9 Å². The van der Waals surface area contributed by atoms with Crippen molar-refractivity contribution in [3.63, 3.8) is 0 Å². The van der Waals surface area contributed by atoms with Crippen LogP contribution in [0.3, 0.4) is 0 Å². The molecule has 2 unspecified atom stereocenters. The van der Waals surface area contributed by atoms with Crippen molar-refractivity contribution < 1.29 is 40.0 Å². The monoisotopic (exact) mass is 519 g/mol. The molecule has 0 saturated carbocycles. The average molecular weight is 521 g/mol. The largest absolute Gasteiger partial charge is 0.607 e. The van der Waals surface area contributed by atoms with Gasteiger partial charge in [-0.1, -0.05) is 0 Å². The number of alkyl halides is 7. The number of benzene rings is 1. The zero-order chi connectivity index (χ0) is 19.2. The summed E-state index contributed by atoms with van der Waals surface area (Å²) in [7, 11) is 0. The first-order valence-electron chi connectivity index (χ1n) is 6.54. The van der Waals surface area contributed by atoms with Crippen molar-refractivity contribution in [2.24, 2.45) is 0 Å². The number of hydrogen-bond acceptors (Lipinski definition) is 2. The lowest BCUT2D eigenvalue weighted by molar-refractivity contribution is -0.332. The van der Waals surface area contributed by atoms with Crippen molar-refractivity contribution in [2.45, 2.75) is 34.6 Å². The zero-order valence-electron chi connectivity index (χ0n) is 11.9. The smallest absolute Gasteiger partial charge is 0.486 e. The fraction of sp³-hybridized carbons (Fsp3) is 0.538. The Morgan fingerprint density at radius 1 is 1.16 bits per heavy atom. The van der Waals surface area contributed by atoms with E-state index in [2.05, 4.69) is 37.9 Å². The van der Waals surface area contributed by atoms with E-state index in [1.165, 1.54) is 0 Å². The zero-order valence-corrected chi connectivity index (χ0v) is 15.9. The van der Waals surface area contributed by atoms with Crippen LogP contribution in [-0.4, -0.2) is 35.1 Å². The Morgan fingerprint density at radius 3 is 2.24 bits per heavy atom. The predicted molar refractivity (Wildman–Crippen MR) is 81.2 cm³/mol. The molecule has 0 bridgehead atoms. The molecule has 0 N–H and O–H groups in total. The van der Waals surface area contributed by atoms with Crippen LogP contribution in [0.25, 0.3) is 0 Å². The summed E-state index contributed by atoms with van der Waals surface area (Å²) in [4.78, 5) is -0.832. The molecule has 0 amide bonds. The highest BCUT2D eigenvalue weighted by atomic mass is 79.9. The second-order valence-corrected chi connectivity index (χ2v) is 8.26. The molecule has 1 fully saturated rings. The maximum Gasteiger partial charge on any atom is 0.486 e. The molecule has 1 aromatic rings. The molecule has 0 spiro atoms. The van der Waals surface area contributed by atoms with Gasteiger partial charge in [0, 0.05) is 39.2 Å². The second kappa shape index (κ2) is 7.17. The summed E-state index contributed by atoms with van der Waals surface area (Å²) in [6, 6.07) is 3.42. The second-order valence-electron chi connectivity index (χ2n) is 5.13. The predicted octanol–water partition coefficient (Wildman–Crippen LogP) is 5.41. The van der Waals surface area contributed by atoms with Gasteiger partial charge in [-0.25, -0.2) is 0 Å². The van der Waals surface area contributed by atoms with Gasteiger partial charge in [0.2, 0.25) is 0 Å². The van der Waals surface area contributed by atoms with Gasteiger partial charge in [-0.05, 0) is 38.3 Å². The summed E-state index contributed by atoms with van der Waals surface area (Å²) in [6.07, 6.45) is -6.25. The highest BCUT2D eigenvalue weighted by molar-refractivity contribution is 9.11. The first kappa shape index (κ1) is 21.3. The lowest BCUT2D eigenvalue weighted by Crippen LogP contribution is -2.56. The number of halogens is 9. The Kier molecular flexibility index (Phi) is 6.10. The van der Waals surface area contributed by atoms with Crippen LogP contribution in [0.4, 0.5) is 30.7 Å². The van der Waals surface area contributed by atoms with Crippen molar-refractivity contribution in [1.29, 1.82) is 0 Å². The average Bonchev–Trinajstić information content (AvgIpc) is 2.97. The molecule has 1 aliphatic heterocycles. The SMILES string of the molecule is [O-][S+](c1cc(Br)[c]c(Br)c1C1CCOC1)C(F)(F)C(F)(F)C(F)(F)F. The molecule has 1 heterocycles. The van der Waals surface area contributed by atoms with Crippen molar-refractivity contribution >= 4 is 43.0 Å². The first-order valence-corrected chi connectivity index (χ1v) is 9.27. The molecule has 1 radical (unpaired) electrons. The lowest BCUT2D eigenvalue weighted by Gasteiger charge is -2.30. The molecular weight excluding hydrogens is 513 g/mol. The van der Waals surface area contributed by atoms with E-state index in [0.717, 1.165) is 6.07 Å². The van der Waals surface area contributed by atoms with Crippen LogP contribution in [0, 0.1) is 6.07 Å². The summed E-state index contributed by atoms with van der Waals surface area (Å²) < 4.78 is 108. The van der Waals surface area contributed by atoms with Crippen molar-refractivity contribution in [3.8, 4) is 0 Å². The van der Waals surface area contributed by atoms with Gasteiger partial charge in [0.05, 0.1) is 17.8 Å². The Morgan fingerprint density at radius 2 is 1.76 bits per heavy atom. The fourth-order valence-electron chi connectivity index (χ4n) is 2.22. The van der Waals surface area contributed by atoms with Crippen molar-refractivity contribution in [2.75, 3.05) is 13.2 Å². The molecule has 2 rings (SSSR count). The minimum Gasteiger partial charge on any atom is -0.607 e. The minimum atomic E-state index is -6.56. The molecular formula is C13H8Br2F7O2S. The molecule has 25 heavy (non-hydrogen) atoms. The van der Waals surface area contributed by atoms with Gasteiger partial charge >= 0.3 is 17.4 Å². The Bertz CT molecular complexity index is 648. The highest BCUT2D eigenvalue weighted by Crippen LogP contribution is 2.52. The van der Waals surface area contributed by atoms with Crippen LogP contribution in [0.2, 0.25) is 0 Å². The van der Waals surface area contributed by atoms with E-state index in [1.54, 1.807) is 0 Å². The molecule has 0 aromatic heterocycles. The van der Waals surface area contributed by atoms with Crippen LogP contribution in [0.1, 0.15) is 17.9 Å². The topological polar surface area (TPSA) is 32.3 Å². The summed E-state index contributed by atoms with van der Waals surface area (Å²) in [5, 5.41) is -5.86. The molecule has 1 aromatic carbocycles. The van der Waals surface area contributed by atoms with Gasteiger partial charge in [0.15, 0.2) is 4.90 Å². The number of ether oxygens (including phenoxy) is 1. The van der Waals surface area contributed by atoms with E-state index >= 15 is 0 Å². The van der Waals surface area contributed by atoms with Crippen molar-refractivity contribution in [3.05, 3.63) is 26.6 Å². The number of hydrogen-bond donors (Lipinski definition) is 0. The Labute approximate surface area is 157 Å². The normalized spacial score (nSPS) is 20.8. The third-order valence-electron chi connectivity index (χ3n) is 3.48. The van der Waals surface area contributed by atoms with Gasteiger partial charge in [0.25, 0.3) is 0 Å². The molecule has 141 valence electrons.